The molecule has 0 saturated heterocycles. The summed E-state index contributed by atoms with van der Waals surface area (Å²) in [6.07, 6.45) is 0.713. The van der Waals surface area contributed by atoms with Crippen LogP contribution in [0.15, 0.2) is 60.7 Å². The summed E-state index contributed by atoms with van der Waals surface area (Å²) in [5.41, 5.74) is 3.70. The Morgan fingerprint density at radius 3 is 2.27 bits per heavy atom. The standard InChI is InChI=1S/C27H29NO5/c1-5-33-23-9-7-6-8-21(23)27(29)28-15-14-19-16-24(31-3)25(32-4)17-22(19)26(28)18-10-12-20(30-2)13-11-18/h6-13,16-17,26H,5,14-15H2,1-4H3. The van der Waals surface area contributed by atoms with Crippen molar-refractivity contribution in [3.05, 3.63) is 82.9 Å². The van der Waals surface area contributed by atoms with Gasteiger partial charge in [0.1, 0.15) is 11.5 Å². The van der Waals surface area contributed by atoms with Crippen LogP contribution in [0, 0.1) is 0 Å². The Morgan fingerprint density at radius 1 is 0.909 bits per heavy atom. The fourth-order valence-corrected chi connectivity index (χ4v) is 4.39. The van der Waals surface area contributed by atoms with Gasteiger partial charge in [-0.15, -0.1) is 0 Å². The predicted octanol–water partition coefficient (Wildman–Crippen LogP) is 4.90. The van der Waals surface area contributed by atoms with Gasteiger partial charge >= 0.3 is 0 Å². The Kier molecular flexibility index (Phi) is 6.73. The second-order valence-corrected chi connectivity index (χ2v) is 7.76. The van der Waals surface area contributed by atoms with Gasteiger partial charge in [-0.1, -0.05) is 24.3 Å². The van der Waals surface area contributed by atoms with Crippen LogP contribution in [-0.2, 0) is 6.42 Å². The molecule has 0 N–H and O–H groups in total. The van der Waals surface area contributed by atoms with Gasteiger partial charge in [0.05, 0.1) is 39.5 Å². The molecule has 4 rings (SSSR count). The normalized spacial score (nSPS) is 14.9. The largest absolute Gasteiger partial charge is 0.497 e. The van der Waals surface area contributed by atoms with Crippen molar-refractivity contribution in [2.75, 3.05) is 34.5 Å². The average Bonchev–Trinajstić information content (AvgIpc) is 2.87. The summed E-state index contributed by atoms with van der Waals surface area (Å²) in [6.45, 7) is 2.97. The molecule has 6 nitrogen and oxygen atoms in total. The molecular weight excluding hydrogens is 418 g/mol. The molecule has 0 aliphatic carbocycles. The van der Waals surface area contributed by atoms with Crippen molar-refractivity contribution >= 4 is 5.91 Å². The Labute approximate surface area is 194 Å². The Morgan fingerprint density at radius 2 is 1.61 bits per heavy atom. The molecule has 1 aliphatic heterocycles. The van der Waals surface area contributed by atoms with E-state index in [-0.39, 0.29) is 11.9 Å². The number of carbonyl (C=O) groups is 1. The first kappa shape index (κ1) is 22.5. The maximum absolute atomic E-state index is 13.9. The number of methoxy groups -OCH3 is 3. The van der Waals surface area contributed by atoms with Crippen molar-refractivity contribution in [1.82, 2.24) is 4.90 Å². The Balaban J connectivity index is 1.84. The first-order valence-corrected chi connectivity index (χ1v) is 11.0. The summed E-state index contributed by atoms with van der Waals surface area (Å²) in [7, 11) is 4.90. The minimum atomic E-state index is -0.290. The number of nitrogens with zero attached hydrogens (tertiary/aromatic N) is 1. The number of carbonyl (C=O) groups excluding carboxylic acids is 1. The van der Waals surface area contributed by atoms with Gasteiger partial charge in [-0.2, -0.15) is 0 Å². The van der Waals surface area contributed by atoms with E-state index in [0.29, 0.717) is 42.4 Å². The third kappa shape index (κ3) is 4.33. The van der Waals surface area contributed by atoms with Crippen LogP contribution in [-0.4, -0.2) is 45.3 Å². The summed E-state index contributed by atoms with van der Waals surface area (Å²) in [5.74, 6) is 2.61. The zero-order chi connectivity index (χ0) is 23.4. The monoisotopic (exact) mass is 447 g/mol. The molecule has 172 valence electrons. The molecule has 1 aliphatic rings. The number of rotatable bonds is 7. The molecule has 1 unspecified atom stereocenters. The van der Waals surface area contributed by atoms with E-state index in [1.807, 2.05) is 72.5 Å². The summed E-state index contributed by atoms with van der Waals surface area (Å²) in [6, 6.07) is 19.0. The van der Waals surface area contributed by atoms with Gasteiger partial charge in [-0.05, 0) is 66.4 Å². The van der Waals surface area contributed by atoms with Crippen molar-refractivity contribution < 1.29 is 23.7 Å². The topological polar surface area (TPSA) is 57.2 Å². The first-order valence-electron chi connectivity index (χ1n) is 11.0. The second kappa shape index (κ2) is 9.86. The molecule has 33 heavy (non-hydrogen) atoms. The van der Waals surface area contributed by atoms with E-state index in [1.54, 1.807) is 21.3 Å². The van der Waals surface area contributed by atoms with Gasteiger partial charge in [-0.25, -0.2) is 0 Å². The number of hydrogen-bond donors (Lipinski definition) is 0. The van der Waals surface area contributed by atoms with Gasteiger partial charge in [0.25, 0.3) is 5.91 Å². The lowest BCUT2D eigenvalue weighted by Crippen LogP contribution is -2.40. The zero-order valence-electron chi connectivity index (χ0n) is 19.5. The summed E-state index contributed by atoms with van der Waals surface area (Å²) >= 11 is 0. The molecule has 1 amide bonds. The van der Waals surface area contributed by atoms with Crippen LogP contribution >= 0.6 is 0 Å². The summed E-state index contributed by atoms with van der Waals surface area (Å²) in [4.78, 5) is 15.8. The molecule has 0 fully saturated rings. The van der Waals surface area contributed by atoms with Crippen molar-refractivity contribution in [1.29, 1.82) is 0 Å². The number of hydrogen-bond acceptors (Lipinski definition) is 5. The van der Waals surface area contributed by atoms with Crippen LogP contribution < -0.4 is 18.9 Å². The Bertz CT molecular complexity index is 1130. The molecule has 0 saturated carbocycles. The van der Waals surface area contributed by atoms with E-state index in [0.717, 1.165) is 22.4 Å². The van der Waals surface area contributed by atoms with Crippen molar-refractivity contribution in [2.24, 2.45) is 0 Å². The minimum absolute atomic E-state index is 0.0692. The van der Waals surface area contributed by atoms with Gasteiger partial charge in [-0.3, -0.25) is 4.79 Å². The number of amides is 1. The van der Waals surface area contributed by atoms with Crippen LogP contribution in [0.2, 0.25) is 0 Å². The molecular formula is C27H29NO5. The van der Waals surface area contributed by atoms with Crippen molar-refractivity contribution in [3.8, 4) is 23.0 Å². The average molecular weight is 448 g/mol. The lowest BCUT2D eigenvalue weighted by atomic mass is 9.87. The van der Waals surface area contributed by atoms with Crippen LogP contribution in [0.4, 0.5) is 0 Å². The number of ether oxygens (including phenoxy) is 4. The molecule has 0 spiro atoms. The van der Waals surface area contributed by atoms with E-state index < -0.39 is 0 Å². The maximum atomic E-state index is 13.9. The van der Waals surface area contributed by atoms with E-state index in [1.165, 1.54) is 0 Å². The van der Waals surface area contributed by atoms with Crippen LogP contribution in [0.1, 0.15) is 40.0 Å². The van der Waals surface area contributed by atoms with E-state index >= 15 is 0 Å². The van der Waals surface area contributed by atoms with Crippen molar-refractivity contribution in [2.45, 2.75) is 19.4 Å². The predicted molar refractivity (Wildman–Crippen MR) is 127 cm³/mol. The van der Waals surface area contributed by atoms with E-state index in [9.17, 15) is 4.79 Å². The lowest BCUT2D eigenvalue weighted by molar-refractivity contribution is 0.0690. The highest BCUT2D eigenvalue weighted by Gasteiger charge is 2.34. The second-order valence-electron chi connectivity index (χ2n) is 7.76. The molecule has 6 heteroatoms. The van der Waals surface area contributed by atoms with Gasteiger partial charge < -0.3 is 23.8 Å². The van der Waals surface area contributed by atoms with Gasteiger partial charge in [0.2, 0.25) is 0 Å². The zero-order valence-corrected chi connectivity index (χ0v) is 19.5. The SMILES string of the molecule is CCOc1ccccc1C(=O)N1CCc2cc(OC)c(OC)cc2C1c1ccc(OC)cc1. The fourth-order valence-electron chi connectivity index (χ4n) is 4.39. The molecule has 3 aromatic carbocycles. The maximum Gasteiger partial charge on any atom is 0.258 e. The van der Waals surface area contributed by atoms with Crippen LogP contribution in [0.5, 0.6) is 23.0 Å². The smallest absolute Gasteiger partial charge is 0.258 e. The molecule has 3 aromatic rings. The fraction of sp³-hybridized carbons (Fsp3) is 0.296. The van der Waals surface area contributed by atoms with Gasteiger partial charge in [0, 0.05) is 6.54 Å². The van der Waals surface area contributed by atoms with E-state index in [2.05, 4.69) is 0 Å². The summed E-state index contributed by atoms with van der Waals surface area (Å²) < 4.78 is 22.2. The third-order valence-electron chi connectivity index (χ3n) is 5.98. The minimum Gasteiger partial charge on any atom is -0.497 e. The van der Waals surface area contributed by atoms with Crippen LogP contribution in [0.25, 0.3) is 0 Å². The van der Waals surface area contributed by atoms with Gasteiger partial charge in [0.15, 0.2) is 11.5 Å². The third-order valence-corrected chi connectivity index (χ3v) is 5.98. The number of para-hydroxylation sites is 1. The number of fused-ring (bicyclic) bond motifs is 1. The lowest BCUT2D eigenvalue weighted by Gasteiger charge is -2.38. The van der Waals surface area contributed by atoms with Crippen LogP contribution in [0.3, 0.4) is 0 Å². The highest BCUT2D eigenvalue weighted by molar-refractivity contribution is 5.97. The molecule has 1 atom stereocenters. The molecule has 1 heterocycles. The van der Waals surface area contributed by atoms with E-state index in [4.69, 9.17) is 18.9 Å². The molecule has 0 aromatic heterocycles. The molecule has 0 bridgehead atoms. The quantitative estimate of drug-likeness (QED) is 0.516. The highest BCUT2D eigenvalue weighted by atomic mass is 16.5. The van der Waals surface area contributed by atoms with Crippen molar-refractivity contribution in [3.63, 3.8) is 0 Å². The summed E-state index contributed by atoms with van der Waals surface area (Å²) in [5, 5.41) is 0. The molecule has 0 radical (unpaired) electrons. The highest BCUT2D eigenvalue weighted by Crippen LogP contribution is 2.42. The Hall–Kier alpha value is -3.67. The number of benzene rings is 3. The first-order chi connectivity index (χ1) is 16.1.